The number of nitrogens with one attached hydrogen (secondary N) is 2. The molecule has 106 valence electrons. The lowest BCUT2D eigenvalue weighted by atomic mass is 10.5. The van der Waals surface area contributed by atoms with E-state index in [9.17, 15) is 4.79 Å². The van der Waals surface area contributed by atoms with Gasteiger partial charge < -0.3 is 15.5 Å². The summed E-state index contributed by atoms with van der Waals surface area (Å²) in [6, 6.07) is 0.437. The summed E-state index contributed by atoms with van der Waals surface area (Å²) >= 11 is 1.69. The van der Waals surface area contributed by atoms with Crippen LogP contribution in [0.2, 0.25) is 0 Å². The number of anilines is 1. The van der Waals surface area contributed by atoms with Gasteiger partial charge in [0.05, 0.1) is 6.54 Å². The molecule has 1 saturated carbocycles. The van der Waals surface area contributed by atoms with Gasteiger partial charge in [0.1, 0.15) is 0 Å². The van der Waals surface area contributed by atoms with Gasteiger partial charge in [0.25, 0.3) is 0 Å². The van der Waals surface area contributed by atoms with Crippen LogP contribution in [0.1, 0.15) is 31.6 Å². The molecule has 1 heterocycles. The third kappa shape index (κ3) is 4.47. The number of hydrogen-bond acceptors (Lipinski definition) is 5. The summed E-state index contributed by atoms with van der Waals surface area (Å²) in [5.74, 6) is 0.0935. The van der Waals surface area contributed by atoms with Crippen LogP contribution in [0, 0.1) is 0 Å². The van der Waals surface area contributed by atoms with E-state index >= 15 is 0 Å². The maximum absolute atomic E-state index is 11.5. The van der Waals surface area contributed by atoms with Crippen molar-refractivity contribution in [1.29, 1.82) is 0 Å². The fourth-order valence-electron chi connectivity index (χ4n) is 1.82. The van der Waals surface area contributed by atoms with E-state index in [0.29, 0.717) is 19.1 Å². The lowest BCUT2D eigenvalue weighted by Gasteiger charge is -2.16. The Balaban J connectivity index is 1.71. The second-order valence-electron chi connectivity index (χ2n) is 4.73. The predicted molar refractivity (Wildman–Crippen MR) is 78.5 cm³/mol. The van der Waals surface area contributed by atoms with Gasteiger partial charge in [0, 0.05) is 36.8 Å². The fraction of sp³-hybridized carbons (Fsp3) is 0.692. The van der Waals surface area contributed by atoms with Crippen LogP contribution in [-0.4, -0.2) is 36.6 Å². The number of rotatable bonds is 8. The molecule has 1 fully saturated rings. The van der Waals surface area contributed by atoms with E-state index < -0.39 is 0 Å². The van der Waals surface area contributed by atoms with Crippen LogP contribution in [-0.2, 0) is 11.3 Å². The first-order valence-electron chi connectivity index (χ1n) is 6.92. The number of hydrogen-bond donors (Lipinski definition) is 2. The second-order valence-corrected chi connectivity index (χ2v) is 5.82. The van der Waals surface area contributed by atoms with E-state index in [1.54, 1.807) is 11.3 Å². The minimum atomic E-state index is 0.0935. The van der Waals surface area contributed by atoms with Crippen molar-refractivity contribution in [2.75, 3.05) is 24.5 Å². The molecule has 6 heteroatoms. The largest absolute Gasteiger partial charge is 0.352 e. The van der Waals surface area contributed by atoms with E-state index in [2.05, 4.69) is 34.4 Å². The topological polar surface area (TPSA) is 57.3 Å². The van der Waals surface area contributed by atoms with Gasteiger partial charge in [-0.3, -0.25) is 4.79 Å². The Bertz CT molecular complexity index is 413. The fourth-order valence-corrected chi connectivity index (χ4v) is 2.83. The monoisotopic (exact) mass is 282 g/mol. The van der Waals surface area contributed by atoms with Gasteiger partial charge in [0.2, 0.25) is 5.91 Å². The van der Waals surface area contributed by atoms with Crippen molar-refractivity contribution in [2.24, 2.45) is 0 Å². The molecular formula is C13H22N4OS. The molecule has 0 radical (unpaired) electrons. The number of thiazole rings is 1. The van der Waals surface area contributed by atoms with Crippen LogP contribution in [0.3, 0.4) is 0 Å². The van der Waals surface area contributed by atoms with Gasteiger partial charge in [-0.25, -0.2) is 4.98 Å². The molecule has 1 aliphatic carbocycles. The van der Waals surface area contributed by atoms with Crippen molar-refractivity contribution in [3.63, 3.8) is 0 Å². The van der Waals surface area contributed by atoms with Gasteiger partial charge in [-0.1, -0.05) is 0 Å². The van der Waals surface area contributed by atoms with Crippen molar-refractivity contribution in [3.05, 3.63) is 11.1 Å². The standard InChI is InChI=1S/C13H22N4OS/c1-3-17(4-2)13-15-8-11(19-13)7-14-9-12(18)16-10-5-6-10/h8,10,14H,3-7,9H2,1-2H3,(H,16,18). The van der Waals surface area contributed by atoms with Gasteiger partial charge in [-0.15, -0.1) is 11.3 Å². The Hall–Kier alpha value is -1.14. The molecule has 2 N–H and O–H groups in total. The zero-order valence-corrected chi connectivity index (χ0v) is 12.4. The Morgan fingerprint density at radius 2 is 2.21 bits per heavy atom. The van der Waals surface area contributed by atoms with Crippen molar-refractivity contribution >= 4 is 22.4 Å². The third-order valence-corrected chi connectivity index (χ3v) is 4.16. The lowest BCUT2D eigenvalue weighted by molar-refractivity contribution is -0.120. The van der Waals surface area contributed by atoms with E-state index in [0.717, 1.165) is 31.1 Å². The molecule has 0 atom stereocenters. The lowest BCUT2D eigenvalue weighted by Crippen LogP contribution is -2.34. The highest BCUT2D eigenvalue weighted by Crippen LogP contribution is 2.22. The summed E-state index contributed by atoms with van der Waals surface area (Å²) in [6.45, 7) is 7.30. The summed E-state index contributed by atoms with van der Waals surface area (Å²) in [5.41, 5.74) is 0. The van der Waals surface area contributed by atoms with Gasteiger partial charge >= 0.3 is 0 Å². The molecule has 0 aromatic carbocycles. The van der Waals surface area contributed by atoms with Gasteiger partial charge in [-0.2, -0.15) is 0 Å². The molecule has 0 spiro atoms. The van der Waals surface area contributed by atoms with Crippen molar-refractivity contribution in [1.82, 2.24) is 15.6 Å². The normalized spacial score (nSPS) is 14.4. The highest BCUT2D eigenvalue weighted by Gasteiger charge is 2.22. The highest BCUT2D eigenvalue weighted by atomic mass is 32.1. The average Bonchev–Trinajstić information content (AvgIpc) is 3.08. The molecule has 0 bridgehead atoms. The van der Waals surface area contributed by atoms with Crippen LogP contribution in [0.25, 0.3) is 0 Å². The quantitative estimate of drug-likeness (QED) is 0.756. The number of amides is 1. The summed E-state index contributed by atoms with van der Waals surface area (Å²) in [7, 11) is 0. The third-order valence-electron chi connectivity index (χ3n) is 3.10. The zero-order valence-electron chi connectivity index (χ0n) is 11.6. The van der Waals surface area contributed by atoms with Crippen molar-refractivity contribution in [3.8, 4) is 0 Å². The Morgan fingerprint density at radius 1 is 1.47 bits per heavy atom. The number of aromatic nitrogens is 1. The zero-order chi connectivity index (χ0) is 13.7. The van der Waals surface area contributed by atoms with Crippen molar-refractivity contribution in [2.45, 2.75) is 39.3 Å². The van der Waals surface area contributed by atoms with E-state index in [-0.39, 0.29) is 5.91 Å². The smallest absolute Gasteiger partial charge is 0.234 e. The van der Waals surface area contributed by atoms with Crippen LogP contribution >= 0.6 is 11.3 Å². The summed E-state index contributed by atoms with van der Waals surface area (Å²) in [5, 5.41) is 7.18. The summed E-state index contributed by atoms with van der Waals surface area (Å²) < 4.78 is 0. The van der Waals surface area contributed by atoms with Crippen LogP contribution in [0.4, 0.5) is 5.13 Å². The maximum Gasteiger partial charge on any atom is 0.234 e. The number of carbonyl (C=O) groups excluding carboxylic acids is 1. The molecule has 1 aromatic heterocycles. The second kappa shape index (κ2) is 6.86. The van der Waals surface area contributed by atoms with E-state index in [1.807, 2.05) is 6.20 Å². The summed E-state index contributed by atoms with van der Waals surface area (Å²) in [6.07, 6.45) is 4.16. The number of carbonyl (C=O) groups is 1. The first-order valence-corrected chi connectivity index (χ1v) is 7.74. The SMILES string of the molecule is CCN(CC)c1ncc(CNCC(=O)NC2CC2)s1. The molecule has 0 aliphatic heterocycles. The molecule has 5 nitrogen and oxygen atoms in total. The van der Waals surface area contributed by atoms with Crippen LogP contribution < -0.4 is 15.5 Å². The highest BCUT2D eigenvalue weighted by molar-refractivity contribution is 7.15. The number of nitrogens with zero attached hydrogens (tertiary/aromatic N) is 2. The Kier molecular flexibility index (Phi) is 5.15. The molecule has 0 unspecified atom stereocenters. The first-order chi connectivity index (χ1) is 9.22. The van der Waals surface area contributed by atoms with Crippen LogP contribution in [0.5, 0.6) is 0 Å². The molecule has 19 heavy (non-hydrogen) atoms. The van der Waals surface area contributed by atoms with E-state index in [1.165, 1.54) is 4.88 Å². The first kappa shape index (κ1) is 14.3. The minimum absolute atomic E-state index is 0.0935. The minimum Gasteiger partial charge on any atom is -0.352 e. The van der Waals surface area contributed by atoms with Gasteiger partial charge in [0.15, 0.2) is 5.13 Å². The molecule has 1 aromatic rings. The van der Waals surface area contributed by atoms with Crippen LogP contribution in [0.15, 0.2) is 6.20 Å². The summed E-state index contributed by atoms with van der Waals surface area (Å²) in [4.78, 5) is 19.3. The Morgan fingerprint density at radius 3 is 2.84 bits per heavy atom. The van der Waals surface area contributed by atoms with Gasteiger partial charge in [-0.05, 0) is 26.7 Å². The van der Waals surface area contributed by atoms with E-state index in [4.69, 9.17) is 0 Å². The molecule has 0 saturated heterocycles. The molecule has 1 amide bonds. The maximum atomic E-state index is 11.5. The average molecular weight is 282 g/mol. The predicted octanol–water partition coefficient (Wildman–Crippen LogP) is 1.36. The molecule has 1 aliphatic rings. The van der Waals surface area contributed by atoms with Crippen molar-refractivity contribution < 1.29 is 4.79 Å². The molecule has 2 rings (SSSR count). The molecular weight excluding hydrogens is 260 g/mol. The Labute approximate surface area is 118 Å².